The Labute approximate surface area is 104 Å². The van der Waals surface area contributed by atoms with E-state index in [1.165, 1.54) is 19.3 Å². The van der Waals surface area contributed by atoms with Crippen LogP contribution in [0.25, 0.3) is 0 Å². The SMILES string of the molecule is CCCCCCCC(C)(OCCOC)C(=O)O. The van der Waals surface area contributed by atoms with Gasteiger partial charge in [-0.3, -0.25) is 0 Å². The Balaban J connectivity index is 3.91. The maximum absolute atomic E-state index is 11.2. The molecule has 0 radical (unpaired) electrons. The summed E-state index contributed by atoms with van der Waals surface area (Å²) in [5, 5.41) is 9.17. The molecule has 0 saturated heterocycles. The lowest BCUT2D eigenvalue weighted by Gasteiger charge is -2.25. The van der Waals surface area contributed by atoms with Gasteiger partial charge in [0.25, 0.3) is 0 Å². The van der Waals surface area contributed by atoms with Gasteiger partial charge in [-0.25, -0.2) is 4.79 Å². The van der Waals surface area contributed by atoms with Crippen molar-refractivity contribution in [2.24, 2.45) is 0 Å². The topological polar surface area (TPSA) is 55.8 Å². The zero-order chi connectivity index (χ0) is 13.1. The van der Waals surface area contributed by atoms with Crippen LogP contribution in [0.5, 0.6) is 0 Å². The maximum Gasteiger partial charge on any atom is 0.335 e. The van der Waals surface area contributed by atoms with Crippen molar-refractivity contribution in [2.45, 2.75) is 58.0 Å². The fraction of sp³-hybridized carbons (Fsp3) is 0.923. The highest BCUT2D eigenvalue weighted by atomic mass is 16.5. The molecule has 0 saturated carbocycles. The van der Waals surface area contributed by atoms with Gasteiger partial charge < -0.3 is 14.6 Å². The van der Waals surface area contributed by atoms with Crippen LogP contribution in [0.15, 0.2) is 0 Å². The van der Waals surface area contributed by atoms with Crippen molar-refractivity contribution in [1.29, 1.82) is 0 Å². The van der Waals surface area contributed by atoms with E-state index < -0.39 is 11.6 Å². The Hall–Kier alpha value is -0.610. The van der Waals surface area contributed by atoms with Crippen molar-refractivity contribution in [3.8, 4) is 0 Å². The normalized spacial score (nSPS) is 14.5. The van der Waals surface area contributed by atoms with Crippen molar-refractivity contribution in [3.05, 3.63) is 0 Å². The summed E-state index contributed by atoms with van der Waals surface area (Å²) in [4.78, 5) is 11.2. The second-order valence-corrected chi connectivity index (χ2v) is 4.54. The van der Waals surface area contributed by atoms with E-state index in [1.807, 2.05) is 0 Å². The van der Waals surface area contributed by atoms with Gasteiger partial charge in [-0.1, -0.05) is 32.6 Å². The fourth-order valence-electron chi connectivity index (χ4n) is 1.66. The molecule has 0 aromatic carbocycles. The molecular formula is C13H26O4. The molecule has 0 heterocycles. The molecule has 0 aromatic rings. The van der Waals surface area contributed by atoms with Crippen LogP contribution in [-0.4, -0.2) is 37.0 Å². The number of unbranched alkanes of at least 4 members (excludes halogenated alkanes) is 4. The Morgan fingerprint density at radius 2 is 1.82 bits per heavy atom. The van der Waals surface area contributed by atoms with Gasteiger partial charge in [0.2, 0.25) is 0 Å². The minimum atomic E-state index is -1.06. The molecule has 102 valence electrons. The molecule has 1 N–H and O–H groups in total. The smallest absolute Gasteiger partial charge is 0.335 e. The zero-order valence-corrected chi connectivity index (χ0v) is 11.3. The third-order valence-corrected chi connectivity index (χ3v) is 2.92. The van der Waals surface area contributed by atoms with Crippen LogP contribution in [0.3, 0.4) is 0 Å². The molecule has 1 atom stereocenters. The third kappa shape index (κ3) is 7.34. The van der Waals surface area contributed by atoms with Crippen LogP contribution in [-0.2, 0) is 14.3 Å². The quantitative estimate of drug-likeness (QED) is 0.569. The molecule has 0 fully saturated rings. The van der Waals surface area contributed by atoms with Crippen LogP contribution in [0.1, 0.15) is 52.4 Å². The van der Waals surface area contributed by atoms with Gasteiger partial charge in [0.05, 0.1) is 13.2 Å². The highest BCUT2D eigenvalue weighted by Crippen LogP contribution is 2.20. The van der Waals surface area contributed by atoms with E-state index in [1.54, 1.807) is 14.0 Å². The summed E-state index contributed by atoms with van der Waals surface area (Å²) in [5.74, 6) is -0.885. The van der Waals surface area contributed by atoms with E-state index >= 15 is 0 Å². The van der Waals surface area contributed by atoms with Crippen molar-refractivity contribution < 1.29 is 19.4 Å². The van der Waals surface area contributed by atoms with Crippen LogP contribution in [0.2, 0.25) is 0 Å². The molecule has 4 heteroatoms. The second kappa shape index (κ2) is 9.42. The highest BCUT2D eigenvalue weighted by Gasteiger charge is 2.33. The van der Waals surface area contributed by atoms with Crippen LogP contribution >= 0.6 is 0 Å². The predicted octanol–water partition coefficient (Wildman–Crippen LogP) is 2.85. The number of carbonyl (C=O) groups is 1. The Bertz CT molecular complexity index is 206. The first-order valence-electron chi connectivity index (χ1n) is 6.43. The first-order chi connectivity index (χ1) is 8.06. The molecule has 0 rings (SSSR count). The van der Waals surface area contributed by atoms with Gasteiger partial charge in [-0.15, -0.1) is 0 Å². The number of hydrogen-bond acceptors (Lipinski definition) is 3. The summed E-state index contributed by atoms with van der Waals surface area (Å²) < 4.78 is 10.3. The minimum Gasteiger partial charge on any atom is -0.479 e. The number of hydrogen-bond donors (Lipinski definition) is 1. The molecule has 0 amide bonds. The highest BCUT2D eigenvalue weighted by molar-refractivity contribution is 5.76. The predicted molar refractivity (Wildman–Crippen MR) is 67.2 cm³/mol. The summed E-state index contributed by atoms with van der Waals surface area (Å²) in [6.07, 6.45) is 6.12. The first kappa shape index (κ1) is 16.4. The van der Waals surface area contributed by atoms with Gasteiger partial charge in [0.1, 0.15) is 0 Å². The average Bonchev–Trinajstić information content (AvgIpc) is 2.29. The van der Waals surface area contributed by atoms with Gasteiger partial charge in [-0.2, -0.15) is 0 Å². The molecule has 0 spiro atoms. The molecule has 0 bridgehead atoms. The number of ether oxygens (including phenoxy) is 2. The summed E-state index contributed by atoms with van der Waals surface area (Å²) in [6, 6.07) is 0. The molecular weight excluding hydrogens is 220 g/mol. The Morgan fingerprint density at radius 1 is 1.18 bits per heavy atom. The Kier molecular flexibility index (Phi) is 9.09. The van der Waals surface area contributed by atoms with Crippen molar-refractivity contribution in [3.63, 3.8) is 0 Å². The summed E-state index contributed by atoms with van der Waals surface area (Å²) in [5.41, 5.74) is -1.06. The van der Waals surface area contributed by atoms with E-state index in [0.29, 0.717) is 19.6 Å². The van der Waals surface area contributed by atoms with E-state index in [2.05, 4.69) is 6.92 Å². The van der Waals surface area contributed by atoms with Crippen molar-refractivity contribution >= 4 is 5.97 Å². The number of methoxy groups -OCH3 is 1. The number of rotatable bonds is 11. The number of aliphatic carboxylic acids is 1. The van der Waals surface area contributed by atoms with Gasteiger partial charge in [-0.05, 0) is 19.8 Å². The van der Waals surface area contributed by atoms with Crippen molar-refractivity contribution in [1.82, 2.24) is 0 Å². The molecule has 0 aromatic heterocycles. The zero-order valence-electron chi connectivity index (χ0n) is 11.3. The summed E-state index contributed by atoms with van der Waals surface area (Å²) >= 11 is 0. The first-order valence-corrected chi connectivity index (χ1v) is 6.43. The number of carboxylic acids is 1. The molecule has 0 aliphatic heterocycles. The van der Waals surface area contributed by atoms with Crippen LogP contribution < -0.4 is 0 Å². The minimum absolute atomic E-state index is 0.328. The second-order valence-electron chi connectivity index (χ2n) is 4.54. The lowest BCUT2D eigenvalue weighted by molar-refractivity contribution is -0.166. The summed E-state index contributed by atoms with van der Waals surface area (Å²) in [6.45, 7) is 4.56. The van der Waals surface area contributed by atoms with E-state index in [0.717, 1.165) is 12.8 Å². The Morgan fingerprint density at radius 3 is 2.35 bits per heavy atom. The lowest BCUT2D eigenvalue weighted by Crippen LogP contribution is -2.39. The largest absolute Gasteiger partial charge is 0.479 e. The van der Waals surface area contributed by atoms with E-state index in [4.69, 9.17) is 14.6 Å². The third-order valence-electron chi connectivity index (χ3n) is 2.92. The van der Waals surface area contributed by atoms with E-state index in [-0.39, 0.29) is 0 Å². The van der Waals surface area contributed by atoms with Crippen molar-refractivity contribution in [2.75, 3.05) is 20.3 Å². The van der Waals surface area contributed by atoms with Crippen LogP contribution in [0, 0.1) is 0 Å². The van der Waals surface area contributed by atoms with Gasteiger partial charge >= 0.3 is 5.97 Å². The standard InChI is InChI=1S/C13H26O4/c1-4-5-6-7-8-9-13(2,12(14)15)17-11-10-16-3/h4-11H2,1-3H3,(H,14,15). The lowest BCUT2D eigenvalue weighted by atomic mass is 9.97. The van der Waals surface area contributed by atoms with Gasteiger partial charge in [0, 0.05) is 7.11 Å². The average molecular weight is 246 g/mol. The monoisotopic (exact) mass is 246 g/mol. The molecule has 4 nitrogen and oxygen atoms in total. The molecule has 1 unspecified atom stereocenters. The summed E-state index contributed by atoms with van der Waals surface area (Å²) in [7, 11) is 1.58. The molecule has 17 heavy (non-hydrogen) atoms. The van der Waals surface area contributed by atoms with E-state index in [9.17, 15) is 4.79 Å². The fourth-order valence-corrected chi connectivity index (χ4v) is 1.66. The number of carboxylic acid groups (broad SMARTS) is 1. The van der Waals surface area contributed by atoms with Gasteiger partial charge in [0.15, 0.2) is 5.60 Å². The molecule has 0 aliphatic rings. The maximum atomic E-state index is 11.2. The molecule has 0 aliphatic carbocycles. The van der Waals surface area contributed by atoms with Crippen LogP contribution in [0.4, 0.5) is 0 Å².